The molecule has 0 heterocycles. The van der Waals surface area contributed by atoms with Gasteiger partial charge in [-0.15, -0.1) is 0 Å². The molecule has 0 rings (SSSR count). The average molecular weight is 1880 g/mol. The van der Waals surface area contributed by atoms with Crippen molar-refractivity contribution in [2.24, 2.45) is 0 Å². The van der Waals surface area contributed by atoms with Crippen molar-refractivity contribution in [1.29, 1.82) is 0 Å². The normalized spacial score (nSPS) is 14.2. The molecular formula is C113H200O16P2. The van der Waals surface area contributed by atoms with Crippen LogP contribution < -0.4 is 0 Å². The van der Waals surface area contributed by atoms with Crippen LogP contribution in [-0.2, 0) is 55.8 Å². The Kier molecular flexibility index (Phi) is 101. The van der Waals surface area contributed by atoms with E-state index in [1.165, 1.54) is 308 Å². The zero-order valence-electron chi connectivity index (χ0n) is 84.2. The molecule has 4 N–H and O–H groups in total. The lowest BCUT2D eigenvalue weighted by molar-refractivity contribution is -0.161. The van der Waals surface area contributed by atoms with E-state index < -0.39 is 91.5 Å². The van der Waals surface area contributed by atoms with Crippen LogP contribution >= 0.6 is 15.6 Å². The van der Waals surface area contributed by atoms with E-state index in [1.54, 1.807) is 0 Å². The van der Waals surface area contributed by atoms with E-state index >= 15 is 0 Å². The van der Waals surface area contributed by atoms with E-state index in [0.717, 1.165) is 128 Å². The summed E-state index contributed by atoms with van der Waals surface area (Å²) in [6.07, 6.45) is 135. The lowest BCUT2D eigenvalue weighted by Crippen LogP contribution is -2.30. The lowest BCUT2D eigenvalue weighted by Gasteiger charge is -2.21. The maximum Gasteiger partial charge on any atom is 0.472 e. The zero-order chi connectivity index (χ0) is 95.0. The van der Waals surface area contributed by atoms with Gasteiger partial charge in [0, 0.05) is 19.3 Å². The Morgan fingerprint density at radius 3 is 0.603 bits per heavy atom. The SMILES string of the molecule is CCCCC/C=C\C/C=C\C/C=C\C/C=C\CCCCCCCCCCCCCCCCCCCCCC(=O)OCC(O)COP(=O)(O)OCC(O)COP(=O)(O)OCC(COC(=O)CCCCCCCCCCCCCCCCCCC/C=C\C/C=C\C/C=C\C/C=C\CCCCC)OC(=O)CCCCCCCCCCCCC/C=C\C/C=C\C/C=C\C/C=C\CCCCC. The van der Waals surface area contributed by atoms with Crippen LogP contribution in [0.25, 0.3) is 0 Å². The molecule has 0 spiro atoms. The third-order valence-corrected chi connectivity index (χ3v) is 25.4. The molecule has 0 aromatic heterocycles. The first-order valence-corrected chi connectivity index (χ1v) is 57.1. The van der Waals surface area contributed by atoms with Gasteiger partial charge in [0.2, 0.25) is 0 Å². The van der Waals surface area contributed by atoms with Crippen LogP contribution in [0.2, 0.25) is 0 Å². The third kappa shape index (κ3) is 106. The van der Waals surface area contributed by atoms with Crippen molar-refractivity contribution in [3.8, 4) is 0 Å². The molecule has 16 nitrogen and oxygen atoms in total. The Labute approximate surface area is 804 Å². The van der Waals surface area contributed by atoms with Crippen molar-refractivity contribution in [1.82, 2.24) is 0 Å². The number of carbonyl (C=O) groups excluding carboxylic acids is 3. The minimum Gasteiger partial charge on any atom is -0.463 e. The van der Waals surface area contributed by atoms with Gasteiger partial charge in [0.15, 0.2) is 6.10 Å². The summed E-state index contributed by atoms with van der Waals surface area (Å²) in [4.78, 5) is 59.3. The topological polar surface area (TPSA) is 231 Å². The Morgan fingerprint density at radius 2 is 0.382 bits per heavy atom. The molecular weight excluding hydrogens is 1680 g/mol. The molecule has 5 atom stereocenters. The van der Waals surface area contributed by atoms with Crippen molar-refractivity contribution >= 4 is 33.6 Å². The zero-order valence-corrected chi connectivity index (χ0v) is 86.0. The van der Waals surface area contributed by atoms with Crippen molar-refractivity contribution in [2.75, 3.05) is 39.6 Å². The number of phosphoric acid groups is 2. The molecule has 0 saturated heterocycles. The first kappa shape index (κ1) is 126. The molecule has 5 unspecified atom stereocenters. The smallest absolute Gasteiger partial charge is 0.463 e. The van der Waals surface area contributed by atoms with Crippen LogP contribution in [0.4, 0.5) is 0 Å². The lowest BCUT2D eigenvalue weighted by atomic mass is 10.0. The maximum atomic E-state index is 13.1. The van der Waals surface area contributed by atoms with E-state index in [0.29, 0.717) is 19.3 Å². The fraction of sp³-hybridized carbons (Fsp3) is 0.761. The van der Waals surface area contributed by atoms with Gasteiger partial charge in [-0.25, -0.2) is 9.13 Å². The Morgan fingerprint density at radius 1 is 0.214 bits per heavy atom. The van der Waals surface area contributed by atoms with Crippen molar-refractivity contribution in [2.45, 2.75) is 514 Å². The second-order valence-corrected chi connectivity index (χ2v) is 39.3. The predicted octanol–water partition coefficient (Wildman–Crippen LogP) is 34.6. The van der Waals surface area contributed by atoms with Gasteiger partial charge < -0.3 is 34.2 Å². The predicted molar refractivity (Wildman–Crippen MR) is 556 cm³/mol. The van der Waals surface area contributed by atoms with Crippen LogP contribution in [0.15, 0.2) is 146 Å². The molecule has 0 saturated carbocycles. The standard InChI is InChI=1S/C113H200O16P2/c1-4-7-10-13-16-19-22-25-28-31-34-37-40-43-46-48-50-52-53-55-57-58-61-63-66-69-72-75-78-81-84-87-90-93-96-99-111(116)123-102-108(114)103-125-130(119,120)126-104-109(115)105-127-131(121,122)128-107-110(129-113(118)101-98-95-92-89-86-83-80-77-74-71-68-65-60-45-42-39-36-33-30-27-24-21-18-15-12-9-6-3)106-124-112(117)100-97-94-91-88-85-82-79-76-73-70-67-64-62-59-56-54-51-49-47-44-41-38-35-32-29-26-23-20-17-14-11-8-5-2/h16-21,25-30,34-39,43-47,60,108-110,114-115H,4-15,22-24,31-33,40-42,48-59,61-107H2,1-3H3,(H,119,120)(H,121,122)/b19-16-,20-17-,21-18-,28-25-,29-26-,30-27-,37-34-,38-35-,39-36-,46-43-,47-44-,60-45-. The molecule has 758 valence electrons. The summed E-state index contributed by atoms with van der Waals surface area (Å²) in [6, 6.07) is 0. The van der Waals surface area contributed by atoms with Crippen molar-refractivity contribution in [3.05, 3.63) is 146 Å². The summed E-state index contributed by atoms with van der Waals surface area (Å²) in [7, 11) is -9.82. The molecule has 0 amide bonds. The highest BCUT2D eigenvalue weighted by molar-refractivity contribution is 7.47. The highest BCUT2D eigenvalue weighted by Gasteiger charge is 2.30. The fourth-order valence-corrected chi connectivity index (χ4v) is 16.9. The van der Waals surface area contributed by atoms with E-state index in [9.17, 15) is 43.5 Å². The van der Waals surface area contributed by atoms with E-state index in [1.807, 2.05) is 0 Å². The van der Waals surface area contributed by atoms with Crippen molar-refractivity contribution in [3.63, 3.8) is 0 Å². The third-order valence-electron chi connectivity index (χ3n) is 23.5. The number of rotatable bonds is 103. The van der Waals surface area contributed by atoms with Crippen LogP contribution in [-0.4, -0.2) is 95.9 Å². The van der Waals surface area contributed by atoms with Gasteiger partial charge in [-0.05, 0) is 154 Å². The number of aliphatic hydroxyl groups excluding tert-OH is 2. The van der Waals surface area contributed by atoms with Gasteiger partial charge in [0.25, 0.3) is 0 Å². The number of hydrogen-bond donors (Lipinski definition) is 4. The molecule has 0 fully saturated rings. The van der Waals surface area contributed by atoms with Gasteiger partial charge in [0.1, 0.15) is 25.4 Å². The molecule has 0 aromatic rings. The summed E-state index contributed by atoms with van der Waals surface area (Å²) >= 11 is 0. The van der Waals surface area contributed by atoms with Crippen LogP contribution in [0.3, 0.4) is 0 Å². The summed E-state index contributed by atoms with van der Waals surface area (Å²) in [6.45, 7) is 2.70. The number of carbonyl (C=O) groups is 3. The molecule has 18 heteroatoms. The summed E-state index contributed by atoms with van der Waals surface area (Å²) in [5.74, 6) is -1.55. The highest BCUT2D eigenvalue weighted by atomic mass is 31.2. The monoisotopic (exact) mass is 1880 g/mol. The highest BCUT2D eigenvalue weighted by Crippen LogP contribution is 2.45. The summed E-state index contributed by atoms with van der Waals surface area (Å²) < 4.78 is 61.8. The fourth-order valence-electron chi connectivity index (χ4n) is 15.3. The second kappa shape index (κ2) is 104. The minimum absolute atomic E-state index is 0.101. The van der Waals surface area contributed by atoms with Gasteiger partial charge in [0.05, 0.1) is 26.4 Å². The van der Waals surface area contributed by atoms with Crippen LogP contribution in [0, 0.1) is 0 Å². The van der Waals surface area contributed by atoms with Gasteiger partial charge in [-0.3, -0.25) is 32.5 Å². The van der Waals surface area contributed by atoms with E-state index in [2.05, 4.69) is 167 Å². The number of esters is 3. The number of unbranched alkanes of at least 4 members (excludes halogenated alkanes) is 56. The first-order chi connectivity index (χ1) is 64.2. The Bertz CT molecular complexity index is 2960. The number of ether oxygens (including phenoxy) is 3. The summed E-state index contributed by atoms with van der Waals surface area (Å²) in [5.41, 5.74) is 0. The largest absolute Gasteiger partial charge is 0.472 e. The quantitative estimate of drug-likeness (QED) is 0.0146. The van der Waals surface area contributed by atoms with Crippen LogP contribution in [0.5, 0.6) is 0 Å². The van der Waals surface area contributed by atoms with Crippen molar-refractivity contribution < 1.29 is 75.8 Å². The van der Waals surface area contributed by atoms with Gasteiger partial charge in [-0.1, -0.05) is 468 Å². The molecule has 0 aliphatic heterocycles. The Hall–Kier alpha value is -4.57. The van der Waals surface area contributed by atoms with Crippen LogP contribution in [0.1, 0.15) is 496 Å². The number of hydrogen-bond acceptors (Lipinski definition) is 14. The van der Waals surface area contributed by atoms with Gasteiger partial charge in [-0.2, -0.15) is 0 Å². The second-order valence-electron chi connectivity index (χ2n) is 36.4. The number of allylic oxidation sites excluding steroid dienone is 24. The molecule has 0 aliphatic rings. The molecule has 0 aromatic carbocycles. The molecule has 0 aliphatic carbocycles. The molecule has 0 radical (unpaired) electrons. The number of phosphoric ester groups is 2. The van der Waals surface area contributed by atoms with E-state index in [-0.39, 0.29) is 19.3 Å². The minimum atomic E-state index is -4.95. The number of aliphatic hydroxyl groups is 2. The van der Waals surface area contributed by atoms with Gasteiger partial charge >= 0.3 is 33.6 Å². The molecule has 131 heavy (non-hydrogen) atoms. The Balaban J connectivity index is 4.56. The maximum absolute atomic E-state index is 13.1. The first-order valence-electron chi connectivity index (χ1n) is 54.1. The molecule has 0 bridgehead atoms. The average Bonchev–Trinajstić information content (AvgIpc) is 0.885. The van der Waals surface area contributed by atoms with E-state index in [4.69, 9.17) is 32.3 Å². The summed E-state index contributed by atoms with van der Waals surface area (Å²) in [5, 5.41) is 20.8.